The van der Waals surface area contributed by atoms with Crippen LogP contribution < -0.4 is 20.5 Å². The summed E-state index contributed by atoms with van der Waals surface area (Å²) in [4.78, 5) is 23.4. The van der Waals surface area contributed by atoms with Gasteiger partial charge >= 0.3 is 0 Å². The predicted molar refractivity (Wildman–Crippen MR) is 141 cm³/mol. The summed E-state index contributed by atoms with van der Waals surface area (Å²) in [5, 5.41) is 3.16. The Labute approximate surface area is 226 Å². The van der Waals surface area contributed by atoms with E-state index < -0.39 is 33.0 Å². The fraction of sp³-hybridized carbons (Fsp3) is 0.560. The minimum atomic E-state index is -3.37. The molecule has 2 aromatic rings. The van der Waals surface area contributed by atoms with Crippen molar-refractivity contribution in [1.29, 1.82) is 0 Å². The molecule has 4 rings (SSSR count). The normalized spacial score (nSPS) is 20.5. The number of benzene rings is 1. The Morgan fingerprint density at radius 1 is 1.18 bits per heavy atom. The van der Waals surface area contributed by atoms with Gasteiger partial charge in [0, 0.05) is 31.4 Å². The van der Waals surface area contributed by atoms with E-state index >= 15 is 0 Å². The molecule has 0 radical (unpaired) electrons. The van der Waals surface area contributed by atoms with Crippen LogP contribution in [0.2, 0.25) is 0 Å². The van der Waals surface area contributed by atoms with Crippen LogP contribution in [0.15, 0.2) is 18.3 Å². The number of sulfonamides is 1. The summed E-state index contributed by atoms with van der Waals surface area (Å²) in [7, 11) is -2.13. The van der Waals surface area contributed by atoms with Gasteiger partial charge < -0.3 is 20.5 Å². The number of halogens is 2. The first-order valence-corrected chi connectivity index (χ1v) is 14.6. The van der Waals surface area contributed by atoms with Gasteiger partial charge in [0.15, 0.2) is 11.6 Å². The molecule has 0 spiro atoms. The maximum atomic E-state index is 14.4. The molecule has 1 aliphatic heterocycles. The van der Waals surface area contributed by atoms with Gasteiger partial charge in [-0.3, -0.25) is 9.69 Å². The first-order valence-electron chi connectivity index (χ1n) is 12.9. The van der Waals surface area contributed by atoms with Gasteiger partial charge in [0.05, 0.1) is 31.6 Å². The van der Waals surface area contributed by atoms with Crippen LogP contribution >= 0.6 is 0 Å². The highest BCUT2D eigenvalue weighted by Crippen LogP contribution is 2.28. The molecule has 1 saturated carbocycles. The van der Waals surface area contributed by atoms with Crippen LogP contribution in [0, 0.1) is 11.6 Å². The van der Waals surface area contributed by atoms with Crippen molar-refractivity contribution in [2.45, 2.75) is 44.2 Å². The molecule has 214 valence electrons. The lowest BCUT2D eigenvalue weighted by atomic mass is 9.92. The first-order chi connectivity index (χ1) is 18.7. The number of aromatic nitrogens is 2. The number of morpholine rings is 1. The second-order valence-electron chi connectivity index (χ2n) is 9.70. The van der Waals surface area contributed by atoms with Crippen molar-refractivity contribution in [2.75, 3.05) is 56.8 Å². The summed E-state index contributed by atoms with van der Waals surface area (Å²) in [5.41, 5.74) is 5.20. The molecule has 39 heavy (non-hydrogen) atoms. The SMILES string of the molecule is COc1ccc(F)c(F)c1C(=O)c1cnc(N[C@H]2CC[C@H](NS(=O)(=O)CCCN3CCOCC3)CC2)nc1N. The maximum absolute atomic E-state index is 14.4. The van der Waals surface area contributed by atoms with Crippen LogP contribution in [-0.4, -0.2) is 86.9 Å². The highest BCUT2D eigenvalue weighted by atomic mass is 32.2. The molecule has 0 atom stereocenters. The average Bonchev–Trinajstić information content (AvgIpc) is 2.91. The number of anilines is 2. The van der Waals surface area contributed by atoms with Crippen molar-refractivity contribution in [1.82, 2.24) is 19.6 Å². The third-order valence-electron chi connectivity index (χ3n) is 6.96. The summed E-state index contributed by atoms with van der Waals surface area (Å²) in [6.45, 7) is 3.77. The number of rotatable bonds is 11. The third-order valence-corrected chi connectivity index (χ3v) is 8.48. The molecule has 11 nitrogen and oxygen atoms in total. The van der Waals surface area contributed by atoms with Gasteiger partial charge in [-0.2, -0.15) is 4.98 Å². The highest BCUT2D eigenvalue weighted by molar-refractivity contribution is 7.89. The molecule has 4 N–H and O–H groups in total. The second-order valence-corrected chi connectivity index (χ2v) is 11.6. The maximum Gasteiger partial charge on any atom is 0.224 e. The van der Waals surface area contributed by atoms with Gasteiger partial charge in [-0.1, -0.05) is 0 Å². The zero-order valence-corrected chi connectivity index (χ0v) is 22.6. The van der Waals surface area contributed by atoms with E-state index in [1.165, 1.54) is 7.11 Å². The Balaban J connectivity index is 1.28. The largest absolute Gasteiger partial charge is 0.496 e. The van der Waals surface area contributed by atoms with Gasteiger partial charge in [-0.15, -0.1) is 0 Å². The number of carbonyl (C=O) groups is 1. The van der Waals surface area contributed by atoms with Crippen LogP contribution in [0.1, 0.15) is 48.0 Å². The van der Waals surface area contributed by atoms with E-state index in [1.807, 2.05) is 0 Å². The van der Waals surface area contributed by atoms with Crippen LogP contribution in [0.4, 0.5) is 20.5 Å². The van der Waals surface area contributed by atoms with Gasteiger partial charge in [0.25, 0.3) is 0 Å². The molecule has 1 saturated heterocycles. The Kier molecular flexibility index (Phi) is 9.64. The van der Waals surface area contributed by atoms with Crippen molar-refractivity contribution >= 4 is 27.6 Å². The molecule has 0 bridgehead atoms. The van der Waals surface area contributed by atoms with E-state index in [-0.39, 0.29) is 40.9 Å². The average molecular weight is 569 g/mol. The third kappa shape index (κ3) is 7.59. The van der Waals surface area contributed by atoms with E-state index in [0.717, 1.165) is 38.0 Å². The molecule has 0 amide bonds. The number of nitrogens with zero attached hydrogens (tertiary/aromatic N) is 3. The topological polar surface area (TPSA) is 149 Å². The number of methoxy groups -OCH3 is 1. The molecule has 2 heterocycles. The quantitative estimate of drug-likeness (QED) is 0.343. The Morgan fingerprint density at radius 2 is 1.87 bits per heavy atom. The van der Waals surface area contributed by atoms with E-state index in [9.17, 15) is 22.0 Å². The summed E-state index contributed by atoms with van der Waals surface area (Å²) in [6.07, 6.45) is 4.37. The van der Waals surface area contributed by atoms with Gasteiger partial charge in [0.1, 0.15) is 17.1 Å². The summed E-state index contributed by atoms with van der Waals surface area (Å²) < 4.78 is 66.3. The fourth-order valence-corrected chi connectivity index (χ4v) is 6.21. The smallest absolute Gasteiger partial charge is 0.224 e. The van der Waals surface area contributed by atoms with Crippen molar-refractivity contribution in [3.8, 4) is 5.75 Å². The summed E-state index contributed by atoms with van der Waals surface area (Å²) in [5.74, 6) is -3.49. The van der Waals surface area contributed by atoms with Crippen LogP contribution in [0.25, 0.3) is 0 Å². The fourth-order valence-electron chi connectivity index (χ4n) is 4.84. The number of hydrogen-bond acceptors (Lipinski definition) is 10. The molecule has 1 aromatic heterocycles. The molecule has 0 unspecified atom stereocenters. The van der Waals surface area contributed by atoms with E-state index in [2.05, 4.69) is 24.9 Å². The van der Waals surface area contributed by atoms with Crippen molar-refractivity contribution in [3.05, 3.63) is 41.1 Å². The number of carbonyl (C=O) groups excluding carboxylic acids is 1. The Bertz CT molecular complexity index is 1270. The molecular formula is C25H34F2N6O5S. The molecule has 14 heteroatoms. The van der Waals surface area contributed by atoms with E-state index in [4.69, 9.17) is 15.2 Å². The van der Waals surface area contributed by atoms with Crippen molar-refractivity contribution < 1.29 is 31.5 Å². The van der Waals surface area contributed by atoms with E-state index in [0.29, 0.717) is 45.3 Å². The number of nitrogens with two attached hydrogens (primary N) is 1. The molecule has 2 aliphatic rings. The highest BCUT2D eigenvalue weighted by Gasteiger charge is 2.27. The number of ether oxygens (including phenoxy) is 2. The molecule has 2 fully saturated rings. The molecule has 1 aliphatic carbocycles. The predicted octanol–water partition coefficient (Wildman–Crippen LogP) is 1.94. The van der Waals surface area contributed by atoms with Gasteiger partial charge in [0.2, 0.25) is 21.8 Å². The lowest BCUT2D eigenvalue weighted by molar-refractivity contribution is 0.0381. The Morgan fingerprint density at radius 3 is 2.54 bits per heavy atom. The van der Waals surface area contributed by atoms with E-state index in [1.54, 1.807) is 0 Å². The Hall–Kier alpha value is -2.94. The zero-order valence-electron chi connectivity index (χ0n) is 21.8. The minimum Gasteiger partial charge on any atom is -0.496 e. The van der Waals surface area contributed by atoms with Crippen LogP contribution in [0.5, 0.6) is 5.75 Å². The summed E-state index contributed by atoms with van der Waals surface area (Å²) >= 11 is 0. The number of hydrogen-bond donors (Lipinski definition) is 3. The summed E-state index contributed by atoms with van der Waals surface area (Å²) in [6, 6.07) is 1.86. The van der Waals surface area contributed by atoms with Crippen molar-refractivity contribution in [3.63, 3.8) is 0 Å². The lowest BCUT2D eigenvalue weighted by Gasteiger charge is -2.30. The number of nitrogens with one attached hydrogen (secondary N) is 2. The standard InChI is InChI=1S/C25H34F2N6O5S/c1-37-20-8-7-19(26)22(27)21(20)23(34)18-15-29-25(31-24(18)28)30-16-3-5-17(6-4-16)32-39(35,36)14-2-9-33-10-12-38-13-11-33/h7-8,15-17,32H,2-6,9-14H2,1H3,(H3,28,29,30,31)/t16-,17-. The molecular weight excluding hydrogens is 534 g/mol. The van der Waals surface area contributed by atoms with Crippen LogP contribution in [0.3, 0.4) is 0 Å². The monoisotopic (exact) mass is 568 g/mol. The zero-order chi connectivity index (χ0) is 28.0. The van der Waals surface area contributed by atoms with Crippen LogP contribution in [-0.2, 0) is 14.8 Å². The minimum absolute atomic E-state index is 0.0196. The van der Waals surface area contributed by atoms with Gasteiger partial charge in [-0.25, -0.2) is 26.9 Å². The first kappa shape index (κ1) is 29.1. The molecule has 1 aromatic carbocycles. The lowest BCUT2D eigenvalue weighted by Crippen LogP contribution is -2.42. The van der Waals surface area contributed by atoms with Gasteiger partial charge in [-0.05, 0) is 50.8 Å². The number of ketones is 1. The number of nitrogen functional groups attached to an aromatic ring is 1. The second kappa shape index (κ2) is 12.9. The van der Waals surface area contributed by atoms with Crippen molar-refractivity contribution in [2.24, 2.45) is 0 Å².